The monoisotopic (exact) mass is 461 g/mol. The zero-order valence-electron chi connectivity index (χ0n) is 14.5. The van der Waals surface area contributed by atoms with Gasteiger partial charge in [0, 0.05) is 0 Å². The second-order valence-corrected chi connectivity index (χ2v) is 7.85. The zero-order valence-corrected chi connectivity index (χ0v) is 16.9. The van der Waals surface area contributed by atoms with Crippen molar-refractivity contribution < 1.29 is 19.4 Å². The molecule has 1 fully saturated rings. The minimum atomic E-state index is -1.03. The molecular weight excluding hydrogens is 446 g/mol. The minimum absolute atomic E-state index is 0.253. The van der Waals surface area contributed by atoms with Crippen LogP contribution in [0.1, 0.15) is 17.5 Å². The lowest BCUT2D eigenvalue weighted by Gasteiger charge is -2.08. The van der Waals surface area contributed by atoms with Crippen molar-refractivity contribution in [3.8, 4) is 5.75 Å². The summed E-state index contributed by atoms with van der Waals surface area (Å²) in [5.74, 6) is -0.691. The van der Waals surface area contributed by atoms with Crippen LogP contribution in [0, 0.1) is 0 Å². The number of amides is 1. The number of carboxylic acid groups (broad SMARTS) is 1. The van der Waals surface area contributed by atoms with Crippen LogP contribution in [0.4, 0.5) is 0 Å². The van der Waals surface area contributed by atoms with Crippen LogP contribution in [-0.2, 0) is 16.2 Å². The fourth-order valence-corrected chi connectivity index (χ4v) is 3.77. The Balaban J connectivity index is 1.58. The van der Waals surface area contributed by atoms with Gasteiger partial charge in [0.15, 0.2) is 5.17 Å². The third-order valence-electron chi connectivity index (χ3n) is 3.68. The van der Waals surface area contributed by atoms with Crippen LogP contribution in [-0.4, -0.2) is 33.6 Å². The molecule has 0 saturated carbocycles. The van der Waals surface area contributed by atoms with Gasteiger partial charge in [0.05, 0.1) is 17.1 Å². The van der Waals surface area contributed by atoms with Gasteiger partial charge in [-0.25, -0.2) is 0 Å². The number of hydrogen-bond acceptors (Lipinski definition) is 6. The molecule has 28 heavy (non-hydrogen) atoms. The molecule has 3 rings (SSSR count). The lowest BCUT2D eigenvalue weighted by molar-refractivity contribution is -0.138. The molecule has 0 unspecified atom stereocenters. The molecule has 0 radical (unpaired) electrons. The molecular formula is C19H16BrN3O4S. The Hall–Kier alpha value is -2.65. The van der Waals surface area contributed by atoms with Gasteiger partial charge in [-0.2, -0.15) is 5.10 Å². The van der Waals surface area contributed by atoms with Gasteiger partial charge in [0.25, 0.3) is 0 Å². The van der Waals surface area contributed by atoms with Gasteiger partial charge in [-0.05, 0) is 45.3 Å². The number of ether oxygens (including phenoxy) is 1. The average molecular weight is 462 g/mol. The second kappa shape index (κ2) is 9.52. The molecule has 1 aliphatic rings. The van der Waals surface area contributed by atoms with Crippen LogP contribution in [0.3, 0.4) is 0 Å². The summed E-state index contributed by atoms with van der Waals surface area (Å²) in [6.07, 6.45) is 1.28. The number of hydrogen-bond donors (Lipinski definition) is 2. The summed E-state index contributed by atoms with van der Waals surface area (Å²) < 4.78 is 6.58. The molecule has 2 N–H and O–H groups in total. The quantitative estimate of drug-likeness (QED) is 0.485. The predicted molar refractivity (Wildman–Crippen MR) is 112 cm³/mol. The van der Waals surface area contributed by atoms with E-state index in [4.69, 9.17) is 9.84 Å². The molecule has 1 saturated heterocycles. The van der Waals surface area contributed by atoms with Gasteiger partial charge in [-0.1, -0.05) is 42.1 Å². The van der Waals surface area contributed by atoms with E-state index in [1.54, 1.807) is 0 Å². The van der Waals surface area contributed by atoms with E-state index in [9.17, 15) is 9.59 Å². The summed E-state index contributed by atoms with van der Waals surface area (Å²) in [4.78, 5) is 22.4. The minimum Gasteiger partial charge on any atom is -0.488 e. The molecule has 0 aliphatic carbocycles. The Labute approximate surface area is 174 Å². The maximum absolute atomic E-state index is 11.7. The first-order valence-corrected chi connectivity index (χ1v) is 9.95. The largest absolute Gasteiger partial charge is 0.488 e. The number of amidine groups is 1. The van der Waals surface area contributed by atoms with Crippen LogP contribution in [0.2, 0.25) is 0 Å². The maximum Gasteiger partial charge on any atom is 0.305 e. The summed E-state index contributed by atoms with van der Waals surface area (Å²) in [6, 6.07) is 15.4. The number of nitrogens with one attached hydrogen (secondary N) is 1. The van der Waals surface area contributed by atoms with Crippen LogP contribution >= 0.6 is 27.7 Å². The van der Waals surface area contributed by atoms with Crippen LogP contribution in [0.25, 0.3) is 0 Å². The van der Waals surface area contributed by atoms with Gasteiger partial charge in [0.2, 0.25) is 5.91 Å². The molecule has 0 bridgehead atoms. The highest BCUT2D eigenvalue weighted by molar-refractivity contribution is 9.10. The van der Waals surface area contributed by atoms with Crippen LogP contribution < -0.4 is 10.1 Å². The number of rotatable bonds is 7. The normalized spacial score (nSPS) is 17.8. The Morgan fingerprint density at radius 1 is 1.29 bits per heavy atom. The van der Waals surface area contributed by atoms with Crippen LogP contribution in [0.5, 0.6) is 5.75 Å². The zero-order chi connectivity index (χ0) is 19.9. The van der Waals surface area contributed by atoms with Gasteiger partial charge in [-0.15, -0.1) is 5.10 Å². The van der Waals surface area contributed by atoms with Crippen molar-refractivity contribution in [1.29, 1.82) is 0 Å². The van der Waals surface area contributed by atoms with E-state index in [1.165, 1.54) is 6.21 Å². The SMILES string of the molecule is O=C(O)C[C@@H]1S/C(=N\N=C/c2ccc(OCc3ccccc3)c(Br)c2)NC1=O. The number of carbonyl (C=O) groups is 2. The van der Waals surface area contributed by atoms with Crippen molar-refractivity contribution in [2.45, 2.75) is 18.3 Å². The molecule has 1 atom stereocenters. The molecule has 1 heterocycles. The summed E-state index contributed by atoms with van der Waals surface area (Å²) in [5, 5.41) is 18.8. The molecule has 1 aliphatic heterocycles. The van der Waals surface area contributed by atoms with Gasteiger partial charge in [-0.3, -0.25) is 9.59 Å². The summed E-state index contributed by atoms with van der Waals surface area (Å²) in [6.45, 7) is 0.467. The fourth-order valence-electron chi connectivity index (χ4n) is 2.34. The molecule has 144 valence electrons. The Kier molecular flexibility index (Phi) is 6.83. The van der Waals surface area contributed by atoms with E-state index in [0.29, 0.717) is 12.4 Å². The van der Waals surface area contributed by atoms with E-state index in [1.807, 2.05) is 48.5 Å². The predicted octanol–water partition coefficient (Wildman–Crippen LogP) is 3.42. The highest BCUT2D eigenvalue weighted by Gasteiger charge is 2.32. The highest BCUT2D eigenvalue weighted by Crippen LogP contribution is 2.26. The number of carboxylic acids is 1. The van der Waals surface area contributed by atoms with E-state index in [2.05, 4.69) is 31.4 Å². The van der Waals surface area contributed by atoms with Crippen molar-refractivity contribution in [3.05, 3.63) is 64.1 Å². The number of thioether (sulfide) groups is 1. The Bertz CT molecular complexity index is 934. The highest BCUT2D eigenvalue weighted by atomic mass is 79.9. The maximum atomic E-state index is 11.7. The number of aliphatic carboxylic acids is 1. The second-order valence-electron chi connectivity index (χ2n) is 5.81. The van der Waals surface area contributed by atoms with E-state index in [0.717, 1.165) is 27.4 Å². The first-order chi connectivity index (χ1) is 13.5. The smallest absolute Gasteiger partial charge is 0.305 e. The molecule has 0 aromatic heterocycles. The molecule has 1 amide bonds. The third kappa shape index (κ3) is 5.67. The van der Waals surface area contributed by atoms with Crippen molar-refractivity contribution >= 4 is 51.0 Å². The van der Waals surface area contributed by atoms with E-state index < -0.39 is 11.2 Å². The third-order valence-corrected chi connectivity index (χ3v) is 5.38. The van der Waals surface area contributed by atoms with Crippen molar-refractivity contribution in [3.63, 3.8) is 0 Å². The number of carbonyl (C=O) groups excluding carboxylic acids is 1. The summed E-state index contributed by atoms with van der Waals surface area (Å²) >= 11 is 4.54. The average Bonchev–Trinajstić information content (AvgIpc) is 3.00. The summed E-state index contributed by atoms with van der Waals surface area (Å²) in [5.41, 5.74) is 1.87. The van der Waals surface area contributed by atoms with Crippen molar-refractivity contribution in [1.82, 2.24) is 5.32 Å². The van der Waals surface area contributed by atoms with Crippen molar-refractivity contribution in [2.24, 2.45) is 10.2 Å². The van der Waals surface area contributed by atoms with Crippen LogP contribution in [0.15, 0.2) is 63.2 Å². The molecule has 9 heteroatoms. The Morgan fingerprint density at radius 2 is 2.07 bits per heavy atom. The summed E-state index contributed by atoms with van der Waals surface area (Å²) in [7, 11) is 0. The fraction of sp³-hybridized carbons (Fsp3) is 0.158. The molecule has 0 spiro atoms. The first-order valence-electron chi connectivity index (χ1n) is 8.28. The molecule has 2 aromatic carbocycles. The van der Waals surface area contributed by atoms with E-state index >= 15 is 0 Å². The van der Waals surface area contributed by atoms with Gasteiger partial charge >= 0.3 is 5.97 Å². The number of nitrogens with zero attached hydrogens (tertiary/aromatic N) is 2. The lowest BCUT2D eigenvalue weighted by atomic mass is 10.2. The number of halogens is 1. The standard InChI is InChI=1S/C19H16BrN3O4S/c20-14-8-13(6-7-15(14)27-11-12-4-2-1-3-5-12)10-21-23-19-22-18(26)16(28-19)9-17(24)25/h1-8,10,16H,9,11H2,(H,24,25)(H,22,23,26)/b21-10-/t16-/m0/s1. The van der Waals surface area contributed by atoms with E-state index in [-0.39, 0.29) is 17.5 Å². The molecule has 7 nitrogen and oxygen atoms in total. The van der Waals surface area contributed by atoms with Gasteiger partial charge in [0.1, 0.15) is 17.6 Å². The molecule has 2 aromatic rings. The topological polar surface area (TPSA) is 100 Å². The van der Waals surface area contributed by atoms with Crippen molar-refractivity contribution in [2.75, 3.05) is 0 Å². The lowest BCUT2D eigenvalue weighted by Crippen LogP contribution is -2.26. The number of benzene rings is 2. The van der Waals surface area contributed by atoms with Gasteiger partial charge < -0.3 is 15.2 Å². The Morgan fingerprint density at radius 3 is 2.79 bits per heavy atom. The first kappa shape index (κ1) is 20.1.